The van der Waals surface area contributed by atoms with Crippen LogP contribution in [0.1, 0.15) is 62.0 Å². The van der Waals surface area contributed by atoms with Crippen molar-refractivity contribution in [3.05, 3.63) is 53.5 Å². The molecule has 5 aliphatic rings. The molecule has 0 N–H and O–H groups in total. The molecule has 0 amide bonds. The van der Waals surface area contributed by atoms with Gasteiger partial charge in [-0.15, -0.1) is 0 Å². The lowest BCUT2D eigenvalue weighted by Gasteiger charge is -2.63. The number of aryl methyl sites for hydroxylation is 1. The van der Waals surface area contributed by atoms with Gasteiger partial charge in [0, 0.05) is 11.8 Å². The molecule has 0 radical (unpaired) electrons. The highest BCUT2D eigenvalue weighted by Crippen LogP contribution is 2.69. The Morgan fingerprint density at radius 2 is 1.68 bits per heavy atom. The van der Waals surface area contributed by atoms with E-state index in [4.69, 9.17) is 8.83 Å². The molecule has 4 fully saturated rings. The highest BCUT2D eigenvalue weighted by atomic mass is 16.4. The summed E-state index contributed by atoms with van der Waals surface area (Å²) in [7, 11) is 0. The molecule has 3 aromatic rings. The summed E-state index contributed by atoms with van der Waals surface area (Å²) < 4.78 is 12.6. The Morgan fingerprint density at radius 3 is 2.39 bits per heavy atom. The molecule has 2 aromatic heterocycles. The molecule has 8 rings (SSSR count). The first kappa shape index (κ1) is 15.7. The molecule has 3 heteroatoms. The number of furan rings is 2. The summed E-state index contributed by atoms with van der Waals surface area (Å²) in [4.78, 5) is 2.77. The van der Waals surface area contributed by atoms with Crippen LogP contribution in [-0.4, -0.2) is 0 Å². The van der Waals surface area contributed by atoms with Crippen LogP contribution < -0.4 is 4.90 Å². The van der Waals surface area contributed by atoms with Crippen LogP contribution in [0, 0.1) is 30.6 Å². The van der Waals surface area contributed by atoms with Crippen molar-refractivity contribution < 1.29 is 8.83 Å². The smallest absolute Gasteiger partial charge is 0.177 e. The van der Waals surface area contributed by atoms with Gasteiger partial charge in [-0.25, -0.2) is 0 Å². The zero-order valence-corrected chi connectivity index (χ0v) is 16.7. The van der Waals surface area contributed by atoms with Gasteiger partial charge < -0.3 is 13.7 Å². The summed E-state index contributed by atoms with van der Waals surface area (Å²) in [5, 5.41) is 0. The van der Waals surface area contributed by atoms with E-state index < -0.39 is 0 Å². The quantitative estimate of drug-likeness (QED) is 0.483. The minimum atomic E-state index is 0.00975. The van der Waals surface area contributed by atoms with Crippen molar-refractivity contribution in [2.75, 3.05) is 4.90 Å². The largest absolute Gasteiger partial charge is 0.460 e. The van der Waals surface area contributed by atoms with E-state index in [1.165, 1.54) is 54.7 Å². The van der Waals surface area contributed by atoms with Crippen LogP contribution in [0.25, 0.3) is 11.2 Å². The predicted octanol–water partition coefficient (Wildman–Crippen LogP) is 6.57. The maximum absolute atomic E-state index is 6.66. The number of rotatable bonds is 1. The fourth-order valence-electron chi connectivity index (χ4n) is 7.99. The zero-order valence-electron chi connectivity index (χ0n) is 16.7. The van der Waals surface area contributed by atoms with Gasteiger partial charge in [-0.05, 0) is 81.3 Å². The van der Waals surface area contributed by atoms with Crippen molar-refractivity contribution in [2.24, 2.45) is 23.7 Å². The lowest BCUT2D eigenvalue weighted by Crippen LogP contribution is -2.62. The minimum absolute atomic E-state index is 0.00975. The predicted molar refractivity (Wildman–Crippen MR) is 109 cm³/mol. The first-order valence-electron chi connectivity index (χ1n) is 11.0. The van der Waals surface area contributed by atoms with Crippen molar-refractivity contribution in [3.63, 3.8) is 0 Å². The standard InChI is InChI=1S/C25H27NO2/c1-14-5-3-4-6-20(14)26-15(2)22-23-21(7-8-27-23)28-24(22)25(26)18-10-16-9-17(12-18)13-19(25)11-16/h3-8,15-19H,9-13H2,1-2H3. The molecule has 144 valence electrons. The Balaban J connectivity index is 1.54. The van der Waals surface area contributed by atoms with E-state index in [0.717, 1.165) is 23.0 Å². The number of fused-ring (bicyclic) bond motifs is 3. The molecule has 1 aliphatic heterocycles. The molecule has 1 unspecified atom stereocenters. The van der Waals surface area contributed by atoms with Crippen molar-refractivity contribution in [3.8, 4) is 0 Å². The van der Waals surface area contributed by atoms with Gasteiger partial charge in [-0.2, -0.15) is 0 Å². The normalized spacial score (nSPS) is 38.1. The third-order valence-electron chi connectivity index (χ3n) is 8.66. The van der Waals surface area contributed by atoms with Gasteiger partial charge in [0.15, 0.2) is 11.2 Å². The molecule has 3 heterocycles. The van der Waals surface area contributed by atoms with Crippen LogP contribution in [0.3, 0.4) is 0 Å². The van der Waals surface area contributed by atoms with Crippen molar-refractivity contribution in [2.45, 2.75) is 57.5 Å². The van der Waals surface area contributed by atoms with Gasteiger partial charge in [-0.3, -0.25) is 0 Å². The van der Waals surface area contributed by atoms with Crippen molar-refractivity contribution in [1.82, 2.24) is 0 Å². The van der Waals surface area contributed by atoms with Crippen LogP contribution in [0.2, 0.25) is 0 Å². The van der Waals surface area contributed by atoms with Gasteiger partial charge in [0.05, 0.1) is 17.9 Å². The maximum atomic E-state index is 6.66. The Hall–Kier alpha value is -2.16. The van der Waals surface area contributed by atoms with E-state index in [-0.39, 0.29) is 11.6 Å². The van der Waals surface area contributed by atoms with E-state index >= 15 is 0 Å². The average molecular weight is 373 g/mol. The monoisotopic (exact) mass is 373 g/mol. The Morgan fingerprint density at radius 1 is 0.964 bits per heavy atom. The van der Waals surface area contributed by atoms with Gasteiger partial charge in [-0.1, -0.05) is 18.2 Å². The number of hydrogen-bond acceptors (Lipinski definition) is 3. The topological polar surface area (TPSA) is 29.5 Å². The van der Waals surface area contributed by atoms with Gasteiger partial charge >= 0.3 is 0 Å². The first-order valence-corrected chi connectivity index (χ1v) is 11.0. The van der Waals surface area contributed by atoms with E-state index in [1.807, 2.05) is 6.07 Å². The fourth-order valence-corrected chi connectivity index (χ4v) is 7.99. The second kappa shape index (κ2) is 5.06. The summed E-state index contributed by atoms with van der Waals surface area (Å²) >= 11 is 0. The number of anilines is 1. The van der Waals surface area contributed by atoms with Crippen molar-refractivity contribution >= 4 is 16.9 Å². The van der Waals surface area contributed by atoms with Crippen LogP contribution in [0.5, 0.6) is 0 Å². The Labute approximate surface area is 165 Å². The van der Waals surface area contributed by atoms with Gasteiger partial charge in [0.2, 0.25) is 0 Å². The van der Waals surface area contributed by atoms with Gasteiger partial charge in [0.1, 0.15) is 11.3 Å². The summed E-state index contributed by atoms with van der Waals surface area (Å²) in [6.45, 7) is 4.62. The van der Waals surface area contributed by atoms with Crippen LogP contribution in [-0.2, 0) is 5.54 Å². The molecule has 4 bridgehead atoms. The third-order valence-corrected chi connectivity index (χ3v) is 8.66. The number of benzene rings is 1. The average Bonchev–Trinajstić information content (AvgIpc) is 3.31. The molecule has 28 heavy (non-hydrogen) atoms. The van der Waals surface area contributed by atoms with Gasteiger partial charge in [0.25, 0.3) is 0 Å². The molecule has 0 saturated heterocycles. The number of hydrogen-bond donors (Lipinski definition) is 0. The second-order valence-corrected chi connectivity index (χ2v) is 9.92. The molecule has 4 aliphatic carbocycles. The maximum Gasteiger partial charge on any atom is 0.177 e. The Bertz CT molecular complexity index is 1060. The molecule has 1 aromatic carbocycles. The summed E-state index contributed by atoms with van der Waals surface area (Å²) in [6, 6.07) is 11.2. The summed E-state index contributed by atoms with van der Waals surface area (Å²) in [5.74, 6) is 4.50. The van der Waals surface area contributed by atoms with E-state index in [9.17, 15) is 0 Å². The molecular formula is C25H27NO2. The van der Waals surface area contributed by atoms with Crippen LogP contribution in [0.15, 0.2) is 45.4 Å². The fraction of sp³-hybridized carbons (Fsp3) is 0.520. The third kappa shape index (κ3) is 1.65. The summed E-state index contributed by atoms with van der Waals surface area (Å²) in [5.41, 5.74) is 5.99. The van der Waals surface area contributed by atoms with Crippen LogP contribution >= 0.6 is 0 Å². The van der Waals surface area contributed by atoms with E-state index in [0.29, 0.717) is 11.8 Å². The molecule has 1 atom stereocenters. The molecule has 1 spiro atoms. The highest BCUT2D eigenvalue weighted by Gasteiger charge is 2.67. The number of para-hydroxylation sites is 1. The lowest BCUT2D eigenvalue weighted by atomic mass is 9.48. The molecule has 3 nitrogen and oxygen atoms in total. The van der Waals surface area contributed by atoms with E-state index in [2.05, 4.69) is 43.0 Å². The minimum Gasteiger partial charge on any atom is -0.460 e. The zero-order chi connectivity index (χ0) is 18.6. The number of nitrogens with zero attached hydrogens (tertiary/aromatic N) is 1. The lowest BCUT2D eigenvalue weighted by molar-refractivity contribution is -0.0679. The van der Waals surface area contributed by atoms with Crippen molar-refractivity contribution in [1.29, 1.82) is 0 Å². The highest BCUT2D eigenvalue weighted by molar-refractivity contribution is 5.81. The Kier molecular flexibility index (Phi) is 2.84. The van der Waals surface area contributed by atoms with E-state index in [1.54, 1.807) is 6.26 Å². The SMILES string of the molecule is Cc1ccccc1N1C(C)c2c(oc3ccoc23)C12C1CC3CC(C1)CC2C3. The first-order chi connectivity index (χ1) is 13.7. The second-order valence-electron chi connectivity index (χ2n) is 9.92. The summed E-state index contributed by atoms with van der Waals surface area (Å²) in [6.07, 6.45) is 8.71. The molecule has 4 saturated carbocycles. The van der Waals surface area contributed by atoms with Crippen LogP contribution in [0.4, 0.5) is 5.69 Å². The molecular weight excluding hydrogens is 346 g/mol.